The maximum atomic E-state index is 12.0. The van der Waals surface area contributed by atoms with Crippen LogP contribution >= 0.6 is 0 Å². The van der Waals surface area contributed by atoms with Crippen molar-refractivity contribution < 1.29 is 9.53 Å². The fourth-order valence-electron chi connectivity index (χ4n) is 2.15. The molecule has 110 valence electrons. The van der Waals surface area contributed by atoms with Crippen LogP contribution in [0.15, 0.2) is 60.9 Å². The smallest absolute Gasteiger partial charge is 0.358 e. The molecule has 0 saturated carbocycles. The molecule has 0 N–H and O–H groups in total. The first-order valence-electron chi connectivity index (χ1n) is 7.03. The zero-order valence-electron chi connectivity index (χ0n) is 12.1. The SMILES string of the molecule is CCOC(=O)c1cn(-c2ccccn2)c(-c2ccccc2)n1. The van der Waals surface area contributed by atoms with Gasteiger partial charge in [-0.3, -0.25) is 4.57 Å². The van der Waals surface area contributed by atoms with Crippen LogP contribution in [0.5, 0.6) is 0 Å². The van der Waals surface area contributed by atoms with Gasteiger partial charge in [0.1, 0.15) is 11.6 Å². The van der Waals surface area contributed by atoms with Gasteiger partial charge in [-0.25, -0.2) is 14.8 Å². The zero-order chi connectivity index (χ0) is 15.4. The molecule has 2 aromatic heterocycles. The lowest BCUT2D eigenvalue weighted by Crippen LogP contribution is -2.04. The molecule has 0 radical (unpaired) electrons. The van der Waals surface area contributed by atoms with Crippen molar-refractivity contribution in [3.8, 4) is 17.2 Å². The fraction of sp³-hybridized carbons (Fsp3) is 0.118. The van der Waals surface area contributed by atoms with Crippen molar-refractivity contribution in [1.82, 2.24) is 14.5 Å². The van der Waals surface area contributed by atoms with Gasteiger partial charge in [0.25, 0.3) is 0 Å². The molecule has 0 fully saturated rings. The Labute approximate surface area is 128 Å². The van der Waals surface area contributed by atoms with Gasteiger partial charge in [0.2, 0.25) is 0 Å². The Hall–Kier alpha value is -2.95. The van der Waals surface area contributed by atoms with E-state index in [2.05, 4.69) is 9.97 Å². The molecular weight excluding hydrogens is 278 g/mol. The Morgan fingerprint density at radius 1 is 1.14 bits per heavy atom. The summed E-state index contributed by atoms with van der Waals surface area (Å²) in [5, 5.41) is 0. The van der Waals surface area contributed by atoms with E-state index in [-0.39, 0.29) is 5.69 Å². The highest BCUT2D eigenvalue weighted by molar-refractivity contribution is 5.88. The maximum absolute atomic E-state index is 12.0. The highest BCUT2D eigenvalue weighted by atomic mass is 16.5. The summed E-state index contributed by atoms with van der Waals surface area (Å²) in [6.07, 6.45) is 3.36. The number of aromatic nitrogens is 3. The van der Waals surface area contributed by atoms with Crippen LogP contribution in [-0.4, -0.2) is 27.1 Å². The minimum absolute atomic E-state index is 0.270. The molecule has 0 amide bonds. The number of benzene rings is 1. The normalized spacial score (nSPS) is 10.4. The largest absolute Gasteiger partial charge is 0.461 e. The standard InChI is InChI=1S/C17H15N3O2/c1-2-22-17(21)14-12-20(15-10-6-7-11-18-15)16(19-14)13-8-4-3-5-9-13/h3-12H,2H2,1H3. The van der Waals surface area contributed by atoms with E-state index in [1.807, 2.05) is 48.5 Å². The van der Waals surface area contributed by atoms with Gasteiger partial charge < -0.3 is 4.74 Å². The predicted octanol–water partition coefficient (Wildman–Crippen LogP) is 3.11. The highest BCUT2D eigenvalue weighted by Crippen LogP contribution is 2.22. The lowest BCUT2D eigenvalue weighted by molar-refractivity contribution is 0.0520. The Balaban J connectivity index is 2.12. The number of hydrogen-bond donors (Lipinski definition) is 0. The Morgan fingerprint density at radius 2 is 1.91 bits per heavy atom. The molecule has 1 aromatic carbocycles. The molecule has 0 spiro atoms. The molecule has 0 aliphatic carbocycles. The number of rotatable bonds is 4. The molecule has 0 atom stereocenters. The third kappa shape index (κ3) is 2.74. The van der Waals surface area contributed by atoms with Crippen molar-refractivity contribution in [3.63, 3.8) is 0 Å². The van der Waals surface area contributed by atoms with Crippen molar-refractivity contribution in [2.45, 2.75) is 6.92 Å². The fourth-order valence-corrected chi connectivity index (χ4v) is 2.15. The summed E-state index contributed by atoms with van der Waals surface area (Å²) in [7, 11) is 0. The number of ether oxygens (including phenoxy) is 1. The molecule has 5 heteroatoms. The minimum Gasteiger partial charge on any atom is -0.461 e. The molecule has 3 aromatic rings. The average molecular weight is 293 g/mol. The summed E-state index contributed by atoms with van der Waals surface area (Å²) >= 11 is 0. The number of nitrogens with zero attached hydrogens (tertiary/aromatic N) is 3. The van der Waals surface area contributed by atoms with E-state index in [9.17, 15) is 4.79 Å². The first kappa shape index (κ1) is 14.0. The van der Waals surface area contributed by atoms with Crippen molar-refractivity contribution in [3.05, 3.63) is 66.6 Å². The van der Waals surface area contributed by atoms with Gasteiger partial charge in [-0.15, -0.1) is 0 Å². The summed E-state index contributed by atoms with van der Waals surface area (Å²) < 4.78 is 6.83. The van der Waals surface area contributed by atoms with Crippen molar-refractivity contribution >= 4 is 5.97 Å². The molecule has 0 unspecified atom stereocenters. The molecule has 22 heavy (non-hydrogen) atoms. The number of pyridine rings is 1. The summed E-state index contributed by atoms with van der Waals surface area (Å²) in [5.74, 6) is 0.918. The second-order valence-corrected chi connectivity index (χ2v) is 4.59. The van der Waals surface area contributed by atoms with Gasteiger partial charge in [0.05, 0.1) is 6.61 Å². The van der Waals surface area contributed by atoms with Gasteiger partial charge in [-0.05, 0) is 19.1 Å². The van der Waals surface area contributed by atoms with Crippen LogP contribution in [0.25, 0.3) is 17.2 Å². The van der Waals surface area contributed by atoms with E-state index in [0.29, 0.717) is 18.2 Å². The third-order valence-electron chi connectivity index (χ3n) is 3.12. The van der Waals surface area contributed by atoms with E-state index in [4.69, 9.17) is 4.74 Å². The quantitative estimate of drug-likeness (QED) is 0.694. The van der Waals surface area contributed by atoms with Crippen LogP contribution < -0.4 is 0 Å². The van der Waals surface area contributed by atoms with Gasteiger partial charge >= 0.3 is 5.97 Å². The minimum atomic E-state index is -0.436. The molecule has 2 heterocycles. The van der Waals surface area contributed by atoms with Crippen molar-refractivity contribution in [2.24, 2.45) is 0 Å². The maximum Gasteiger partial charge on any atom is 0.358 e. The second kappa shape index (κ2) is 6.22. The summed E-state index contributed by atoms with van der Waals surface area (Å²) in [4.78, 5) is 20.7. The van der Waals surface area contributed by atoms with Crippen LogP contribution in [0.4, 0.5) is 0 Å². The molecule has 0 aliphatic rings. The number of carbonyl (C=O) groups is 1. The van der Waals surface area contributed by atoms with Gasteiger partial charge in [0, 0.05) is 18.0 Å². The molecule has 0 saturated heterocycles. The number of esters is 1. The first-order valence-corrected chi connectivity index (χ1v) is 7.03. The van der Waals surface area contributed by atoms with E-state index in [1.54, 1.807) is 23.9 Å². The second-order valence-electron chi connectivity index (χ2n) is 4.59. The van der Waals surface area contributed by atoms with Crippen LogP contribution in [0, 0.1) is 0 Å². The van der Waals surface area contributed by atoms with E-state index in [0.717, 1.165) is 5.56 Å². The lowest BCUT2D eigenvalue weighted by Gasteiger charge is -2.06. The van der Waals surface area contributed by atoms with Crippen molar-refractivity contribution in [2.75, 3.05) is 6.61 Å². The van der Waals surface area contributed by atoms with Gasteiger partial charge in [-0.1, -0.05) is 36.4 Å². The number of imidazole rings is 1. The van der Waals surface area contributed by atoms with Crippen LogP contribution in [-0.2, 0) is 4.74 Å². The lowest BCUT2D eigenvalue weighted by atomic mass is 10.2. The van der Waals surface area contributed by atoms with E-state index >= 15 is 0 Å². The predicted molar refractivity (Wildman–Crippen MR) is 82.8 cm³/mol. The van der Waals surface area contributed by atoms with Crippen LogP contribution in [0.3, 0.4) is 0 Å². The molecule has 0 bridgehead atoms. The summed E-state index contributed by atoms with van der Waals surface area (Å²) in [6, 6.07) is 15.3. The van der Waals surface area contributed by atoms with E-state index in [1.165, 1.54) is 0 Å². The molecule has 3 rings (SSSR count). The van der Waals surface area contributed by atoms with Crippen LogP contribution in [0.1, 0.15) is 17.4 Å². The summed E-state index contributed by atoms with van der Waals surface area (Å²) in [6.45, 7) is 2.09. The number of hydrogen-bond acceptors (Lipinski definition) is 4. The number of carbonyl (C=O) groups excluding carboxylic acids is 1. The van der Waals surface area contributed by atoms with Gasteiger partial charge in [0.15, 0.2) is 5.69 Å². The Bertz CT molecular complexity index is 710. The zero-order valence-corrected chi connectivity index (χ0v) is 12.1. The first-order chi connectivity index (χ1) is 10.8. The highest BCUT2D eigenvalue weighted by Gasteiger charge is 2.17. The van der Waals surface area contributed by atoms with E-state index < -0.39 is 5.97 Å². The van der Waals surface area contributed by atoms with Gasteiger partial charge in [-0.2, -0.15) is 0 Å². The Morgan fingerprint density at radius 3 is 2.59 bits per heavy atom. The topological polar surface area (TPSA) is 57.0 Å². The Kier molecular flexibility index (Phi) is 3.96. The molecule has 0 aliphatic heterocycles. The molecule has 5 nitrogen and oxygen atoms in total. The van der Waals surface area contributed by atoms with Crippen molar-refractivity contribution in [1.29, 1.82) is 0 Å². The summed E-state index contributed by atoms with van der Waals surface area (Å²) in [5.41, 5.74) is 1.18. The third-order valence-corrected chi connectivity index (χ3v) is 3.12. The molecular formula is C17H15N3O2. The average Bonchev–Trinajstić information content (AvgIpc) is 3.02. The monoisotopic (exact) mass is 293 g/mol. The van der Waals surface area contributed by atoms with Crippen LogP contribution in [0.2, 0.25) is 0 Å².